The molecule has 0 aliphatic carbocycles. The Morgan fingerprint density at radius 2 is 2.21 bits per heavy atom. The van der Waals surface area contributed by atoms with Gasteiger partial charge in [0.05, 0.1) is 4.92 Å². The van der Waals surface area contributed by atoms with Gasteiger partial charge in [-0.05, 0) is 24.5 Å². The fourth-order valence-electron chi connectivity index (χ4n) is 1.81. The Labute approximate surface area is 111 Å². The fourth-order valence-corrected chi connectivity index (χ4v) is 1.81. The number of nitrogens with zero attached hydrogens (tertiary/aromatic N) is 1. The highest BCUT2D eigenvalue weighted by atomic mass is 16.6. The molecule has 0 aliphatic rings. The Kier molecular flexibility index (Phi) is 5.29. The van der Waals surface area contributed by atoms with Gasteiger partial charge in [0.2, 0.25) is 0 Å². The van der Waals surface area contributed by atoms with Crippen LogP contribution in [-0.2, 0) is 4.79 Å². The highest BCUT2D eigenvalue weighted by Gasteiger charge is 2.16. The molecular formula is C13H18N2O4. The molecular weight excluding hydrogens is 248 g/mol. The van der Waals surface area contributed by atoms with Crippen LogP contribution in [0.2, 0.25) is 0 Å². The zero-order valence-corrected chi connectivity index (χ0v) is 11.0. The number of hydrogen-bond acceptors (Lipinski definition) is 4. The summed E-state index contributed by atoms with van der Waals surface area (Å²) in [4.78, 5) is 21.1. The average molecular weight is 266 g/mol. The summed E-state index contributed by atoms with van der Waals surface area (Å²) in [7, 11) is 0. The van der Waals surface area contributed by atoms with Gasteiger partial charge in [0.25, 0.3) is 5.69 Å². The molecule has 0 saturated heterocycles. The first kappa shape index (κ1) is 14.9. The predicted octanol–water partition coefficient (Wildman–Crippen LogP) is 2.82. The number of hydrogen-bond donors (Lipinski definition) is 2. The van der Waals surface area contributed by atoms with Crippen LogP contribution in [-0.4, -0.2) is 22.5 Å². The molecule has 0 spiro atoms. The van der Waals surface area contributed by atoms with Gasteiger partial charge in [0.15, 0.2) is 0 Å². The first-order valence-electron chi connectivity index (χ1n) is 6.14. The minimum absolute atomic E-state index is 0.00998. The summed E-state index contributed by atoms with van der Waals surface area (Å²) >= 11 is 0. The lowest BCUT2D eigenvalue weighted by Gasteiger charge is -2.14. The van der Waals surface area contributed by atoms with E-state index in [9.17, 15) is 14.9 Å². The van der Waals surface area contributed by atoms with Crippen LogP contribution >= 0.6 is 0 Å². The summed E-state index contributed by atoms with van der Waals surface area (Å²) in [5, 5.41) is 22.6. The second-order valence-electron chi connectivity index (χ2n) is 4.53. The third-order valence-electron chi connectivity index (χ3n) is 2.97. The molecule has 1 rings (SSSR count). The van der Waals surface area contributed by atoms with E-state index < -0.39 is 10.9 Å². The monoisotopic (exact) mass is 266 g/mol. The highest BCUT2D eigenvalue weighted by Crippen LogP contribution is 2.25. The van der Waals surface area contributed by atoms with E-state index in [4.69, 9.17) is 5.11 Å². The van der Waals surface area contributed by atoms with Gasteiger partial charge in [0.1, 0.15) is 5.69 Å². The number of carboxylic acid groups (broad SMARTS) is 1. The number of carboxylic acids is 1. The molecule has 1 atom stereocenters. The molecule has 0 aliphatic heterocycles. The van der Waals surface area contributed by atoms with Crippen molar-refractivity contribution in [2.45, 2.75) is 26.7 Å². The molecule has 6 heteroatoms. The molecule has 6 nitrogen and oxygen atoms in total. The Morgan fingerprint density at radius 3 is 2.74 bits per heavy atom. The molecule has 1 aromatic carbocycles. The lowest BCUT2D eigenvalue weighted by atomic mass is 10.0. The molecule has 0 bridgehead atoms. The Balaban J connectivity index is 2.78. The van der Waals surface area contributed by atoms with Crippen LogP contribution in [0.3, 0.4) is 0 Å². The smallest absolute Gasteiger partial charge is 0.303 e. The Bertz CT molecular complexity index is 474. The summed E-state index contributed by atoms with van der Waals surface area (Å²) in [5.74, 6) is -0.898. The molecule has 0 amide bonds. The molecule has 104 valence electrons. The van der Waals surface area contributed by atoms with Crippen LogP contribution in [0.4, 0.5) is 11.4 Å². The first-order valence-corrected chi connectivity index (χ1v) is 6.14. The van der Waals surface area contributed by atoms with E-state index in [1.54, 1.807) is 12.1 Å². The highest BCUT2D eigenvalue weighted by molar-refractivity contribution is 5.67. The number of carbonyl (C=O) groups is 1. The van der Waals surface area contributed by atoms with Gasteiger partial charge in [-0.1, -0.05) is 19.4 Å². The van der Waals surface area contributed by atoms with Crippen LogP contribution in [0.1, 0.15) is 25.3 Å². The van der Waals surface area contributed by atoms with Crippen LogP contribution in [0, 0.1) is 23.0 Å². The molecule has 0 saturated carbocycles. The normalized spacial score (nSPS) is 11.9. The quantitative estimate of drug-likeness (QED) is 0.584. The maximum absolute atomic E-state index is 10.9. The van der Waals surface area contributed by atoms with Crippen molar-refractivity contribution in [1.29, 1.82) is 0 Å². The second-order valence-corrected chi connectivity index (χ2v) is 4.53. The molecule has 0 radical (unpaired) electrons. The number of rotatable bonds is 7. The Morgan fingerprint density at radius 1 is 1.53 bits per heavy atom. The second kappa shape index (κ2) is 6.72. The van der Waals surface area contributed by atoms with Crippen molar-refractivity contribution in [2.75, 3.05) is 11.9 Å². The molecule has 0 fully saturated rings. The molecule has 0 heterocycles. The number of nitro benzene ring substituents is 1. The lowest BCUT2D eigenvalue weighted by Crippen LogP contribution is -2.17. The van der Waals surface area contributed by atoms with Gasteiger partial charge in [0, 0.05) is 19.0 Å². The number of nitrogens with one attached hydrogen (secondary N) is 1. The summed E-state index contributed by atoms with van der Waals surface area (Å²) < 4.78 is 0. The van der Waals surface area contributed by atoms with Gasteiger partial charge in [-0.25, -0.2) is 0 Å². The standard InChI is InChI=1S/C13H18N2O4/c1-3-10(7-13(16)17)8-14-11-6-9(2)4-5-12(11)15(18)19/h4-6,10,14H,3,7-8H2,1-2H3,(H,16,17). The van der Waals surface area contributed by atoms with Crippen molar-refractivity contribution in [1.82, 2.24) is 0 Å². The topological polar surface area (TPSA) is 92.5 Å². The maximum Gasteiger partial charge on any atom is 0.303 e. The average Bonchev–Trinajstić information content (AvgIpc) is 2.33. The van der Waals surface area contributed by atoms with Crippen molar-refractivity contribution in [3.8, 4) is 0 Å². The van der Waals surface area contributed by atoms with E-state index in [-0.39, 0.29) is 18.0 Å². The van der Waals surface area contributed by atoms with E-state index in [0.717, 1.165) is 5.56 Å². The number of aryl methyl sites for hydroxylation is 1. The summed E-state index contributed by atoms with van der Waals surface area (Å²) in [5.41, 5.74) is 1.36. The lowest BCUT2D eigenvalue weighted by molar-refractivity contribution is -0.384. The minimum Gasteiger partial charge on any atom is -0.481 e. The van der Waals surface area contributed by atoms with E-state index in [0.29, 0.717) is 18.7 Å². The van der Waals surface area contributed by atoms with Gasteiger partial charge in [-0.15, -0.1) is 0 Å². The zero-order valence-electron chi connectivity index (χ0n) is 11.0. The number of nitro groups is 1. The van der Waals surface area contributed by atoms with Gasteiger partial charge < -0.3 is 10.4 Å². The van der Waals surface area contributed by atoms with Crippen molar-refractivity contribution in [3.63, 3.8) is 0 Å². The van der Waals surface area contributed by atoms with Crippen LogP contribution in [0.25, 0.3) is 0 Å². The van der Waals surface area contributed by atoms with Crippen molar-refractivity contribution in [2.24, 2.45) is 5.92 Å². The summed E-state index contributed by atoms with van der Waals surface area (Å²) in [6.07, 6.45) is 0.766. The van der Waals surface area contributed by atoms with E-state index >= 15 is 0 Å². The molecule has 19 heavy (non-hydrogen) atoms. The summed E-state index contributed by atoms with van der Waals surface area (Å²) in [6, 6.07) is 4.83. The predicted molar refractivity (Wildman–Crippen MR) is 72.4 cm³/mol. The molecule has 2 N–H and O–H groups in total. The molecule has 0 aromatic heterocycles. The van der Waals surface area contributed by atoms with Crippen molar-refractivity contribution >= 4 is 17.3 Å². The molecule has 1 aromatic rings. The van der Waals surface area contributed by atoms with Crippen molar-refractivity contribution < 1.29 is 14.8 Å². The minimum atomic E-state index is -0.854. The van der Waals surface area contributed by atoms with E-state index in [2.05, 4.69) is 5.32 Å². The number of benzene rings is 1. The van der Waals surface area contributed by atoms with Gasteiger partial charge in [-0.2, -0.15) is 0 Å². The Hall–Kier alpha value is -2.11. The van der Waals surface area contributed by atoms with Gasteiger partial charge >= 0.3 is 5.97 Å². The number of aliphatic carboxylic acids is 1. The van der Waals surface area contributed by atoms with E-state index in [1.807, 2.05) is 13.8 Å². The number of anilines is 1. The van der Waals surface area contributed by atoms with Crippen LogP contribution in [0.15, 0.2) is 18.2 Å². The zero-order chi connectivity index (χ0) is 14.4. The first-order chi connectivity index (χ1) is 8.93. The van der Waals surface area contributed by atoms with Crippen LogP contribution in [0.5, 0.6) is 0 Å². The fraction of sp³-hybridized carbons (Fsp3) is 0.462. The van der Waals surface area contributed by atoms with Crippen LogP contribution < -0.4 is 5.32 Å². The molecule has 1 unspecified atom stereocenters. The maximum atomic E-state index is 10.9. The third kappa shape index (κ3) is 4.57. The summed E-state index contributed by atoms with van der Waals surface area (Å²) in [6.45, 7) is 4.16. The SMILES string of the molecule is CCC(CNc1cc(C)ccc1[N+](=O)[O-])CC(=O)O. The van der Waals surface area contributed by atoms with Gasteiger partial charge in [-0.3, -0.25) is 14.9 Å². The largest absolute Gasteiger partial charge is 0.481 e. The van der Waals surface area contributed by atoms with E-state index in [1.165, 1.54) is 6.07 Å². The van der Waals surface area contributed by atoms with Crippen molar-refractivity contribution in [3.05, 3.63) is 33.9 Å². The third-order valence-corrected chi connectivity index (χ3v) is 2.97.